The van der Waals surface area contributed by atoms with Crippen LogP contribution in [-0.2, 0) is 10.0 Å². The van der Waals surface area contributed by atoms with E-state index in [1.54, 1.807) is 36.5 Å². The van der Waals surface area contributed by atoms with Gasteiger partial charge in [0.2, 0.25) is 21.9 Å². The number of nitrogen functional groups attached to an aromatic ring is 1. The minimum Gasteiger partial charge on any atom is -0.368 e. The lowest BCUT2D eigenvalue weighted by atomic mass is 10.3. The molecule has 0 unspecified atom stereocenters. The second kappa shape index (κ2) is 5.66. The van der Waals surface area contributed by atoms with E-state index in [0.717, 1.165) is 0 Å². The molecule has 0 saturated carbocycles. The summed E-state index contributed by atoms with van der Waals surface area (Å²) >= 11 is 0. The van der Waals surface area contributed by atoms with Gasteiger partial charge in [-0.2, -0.15) is 9.67 Å². The van der Waals surface area contributed by atoms with Gasteiger partial charge in [-0.05, 0) is 30.3 Å². The number of aromatic nitrogens is 4. The zero-order valence-electron chi connectivity index (χ0n) is 11.8. The molecule has 0 spiro atoms. The highest BCUT2D eigenvalue weighted by atomic mass is 32.2. The molecule has 0 fully saturated rings. The quantitative estimate of drug-likeness (QED) is 0.636. The monoisotopic (exact) mass is 331 g/mol. The highest BCUT2D eigenvalue weighted by Crippen LogP contribution is 2.19. The molecular formula is C13H13N7O2S. The SMILES string of the molecule is Nc1nc(Nc2cccc(S(N)(=O)=O)c2)nn1-c1ccccn1. The Morgan fingerprint density at radius 3 is 2.65 bits per heavy atom. The molecule has 3 rings (SSSR count). The molecule has 0 bridgehead atoms. The maximum Gasteiger partial charge on any atom is 0.248 e. The number of benzene rings is 1. The zero-order valence-corrected chi connectivity index (χ0v) is 12.6. The van der Waals surface area contributed by atoms with Crippen molar-refractivity contribution in [3.8, 4) is 5.82 Å². The lowest BCUT2D eigenvalue weighted by Gasteiger charge is -2.04. The molecule has 0 radical (unpaired) electrons. The second-order valence-corrected chi connectivity index (χ2v) is 6.15. The summed E-state index contributed by atoms with van der Waals surface area (Å²) in [5.41, 5.74) is 6.29. The molecule has 1 aromatic carbocycles. The Kier molecular flexibility index (Phi) is 3.68. The van der Waals surface area contributed by atoms with Gasteiger partial charge in [-0.15, -0.1) is 5.10 Å². The average Bonchev–Trinajstić information content (AvgIpc) is 2.88. The number of nitrogens with zero attached hydrogens (tertiary/aromatic N) is 4. The zero-order chi connectivity index (χ0) is 16.4. The molecule has 23 heavy (non-hydrogen) atoms. The summed E-state index contributed by atoms with van der Waals surface area (Å²) in [7, 11) is -3.78. The fourth-order valence-electron chi connectivity index (χ4n) is 1.90. The van der Waals surface area contributed by atoms with Crippen LogP contribution in [0.15, 0.2) is 53.6 Å². The van der Waals surface area contributed by atoms with Gasteiger partial charge in [0, 0.05) is 11.9 Å². The van der Waals surface area contributed by atoms with Crippen LogP contribution >= 0.6 is 0 Å². The first-order chi connectivity index (χ1) is 10.9. The third kappa shape index (κ3) is 3.27. The van der Waals surface area contributed by atoms with E-state index in [1.165, 1.54) is 16.8 Å². The van der Waals surface area contributed by atoms with Crippen molar-refractivity contribution >= 4 is 27.6 Å². The van der Waals surface area contributed by atoms with Gasteiger partial charge in [0.05, 0.1) is 4.90 Å². The molecule has 9 nitrogen and oxygen atoms in total. The van der Waals surface area contributed by atoms with Crippen LogP contribution in [0.4, 0.5) is 17.6 Å². The van der Waals surface area contributed by atoms with E-state index in [0.29, 0.717) is 11.5 Å². The van der Waals surface area contributed by atoms with Crippen LogP contribution in [0.25, 0.3) is 5.82 Å². The summed E-state index contributed by atoms with van der Waals surface area (Å²) in [6.07, 6.45) is 1.61. The third-order valence-electron chi connectivity index (χ3n) is 2.92. The lowest BCUT2D eigenvalue weighted by Crippen LogP contribution is -2.12. The number of pyridine rings is 1. The molecule has 10 heteroatoms. The van der Waals surface area contributed by atoms with Gasteiger partial charge in [0.25, 0.3) is 0 Å². The highest BCUT2D eigenvalue weighted by molar-refractivity contribution is 7.89. The van der Waals surface area contributed by atoms with Crippen LogP contribution in [0, 0.1) is 0 Å². The van der Waals surface area contributed by atoms with Crippen molar-refractivity contribution in [2.75, 3.05) is 11.1 Å². The van der Waals surface area contributed by atoms with E-state index in [9.17, 15) is 8.42 Å². The van der Waals surface area contributed by atoms with Crippen LogP contribution in [-0.4, -0.2) is 28.2 Å². The number of primary sulfonamides is 1. The normalized spacial score (nSPS) is 11.3. The Bertz CT molecular complexity index is 938. The maximum absolute atomic E-state index is 11.4. The van der Waals surface area contributed by atoms with Crippen LogP contribution in [0.1, 0.15) is 0 Å². The first kappa shape index (κ1) is 14.9. The van der Waals surface area contributed by atoms with Gasteiger partial charge in [-0.25, -0.2) is 18.5 Å². The van der Waals surface area contributed by atoms with Crippen molar-refractivity contribution < 1.29 is 8.42 Å². The van der Waals surface area contributed by atoms with E-state index in [1.807, 2.05) is 0 Å². The first-order valence-electron chi connectivity index (χ1n) is 6.47. The molecule has 0 aliphatic heterocycles. The Morgan fingerprint density at radius 2 is 1.96 bits per heavy atom. The molecule has 2 aromatic heterocycles. The number of rotatable bonds is 4. The molecule has 0 saturated heterocycles. The van der Waals surface area contributed by atoms with Crippen molar-refractivity contribution in [1.29, 1.82) is 0 Å². The Balaban J connectivity index is 1.90. The van der Waals surface area contributed by atoms with Gasteiger partial charge in [0.1, 0.15) is 0 Å². The first-order valence-corrected chi connectivity index (χ1v) is 8.02. The molecule has 3 aromatic rings. The Hall–Kier alpha value is -2.98. The molecule has 0 amide bonds. The maximum atomic E-state index is 11.4. The number of sulfonamides is 1. The van der Waals surface area contributed by atoms with E-state index in [4.69, 9.17) is 10.9 Å². The van der Waals surface area contributed by atoms with Gasteiger partial charge in [0.15, 0.2) is 5.82 Å². The van der Waals surface area contributed by atoms with Crippen molar-refractivity contribution in [1.82, 2.24) is 19.7 Å². The average molecular weight is 331 g/mol. The molecule has 5 N–H and O–H groups in total. The minimum atomic E-state index is -3.78. The standard InChI is InChI=1S/C13H13N7O2S/c14-12-18-13(19-20(12)11-6-1-2-7-16-11)17-9-4-3-5-10(8-9)23(15,21)22/h1-8H,(H2,15,21,22)(H3,14,17,18,19). The van der Waals surface area contributed by atoms with Crippen LogP contribution in [0.3, 0.4) is 0 Å². The van der Waals surface area contributed by atoms with Crippen LogP contribution < -0.4 is 16.2 Å². The predicted molar refractivity (Wildman–Crippen MR) is 84.7 cm³/mol. The predicted octanol–water partition coefficient (Wildman–Crippen LogP) is 0.635. The number of hydrogen-bond acceptors (Lipinski definition) is 7. The van der Waals surface area contributed by atoms with Crippen LogP contribution in [0.5, 0.6) is 0 Å². The summed E-state index contributed by atoms with van der Waals surface area (Å²) < 4.78 is 24.1. The third-order valence-corrected chi connectivity index (χ3v) is 3.83. The van der Waals surface area contributed by atoms with Gasteiger partial charge in [-0.3, -0.25) is 0 Å². The van der Waals surface area contributed by atoms with Gasteiger partial charge < -0.3 is 11.1 Å². The Labute approximate surface area is 132 Å². The number of nitrogens with two attached hydrogens (primary N) is 2. The van der Waals surface area contributed by atoms with Crippen LogP contribution in [0.2, 0.25) is 0 Å². The minimum absolute atomic E-state index is 0.0142. The van der Waals surface area contributed by atoms with Crippen molar-refractivity contribution in [3.63, 3.8) is 0 Å². The number of anilines is 3. The molecule has 0 aliphatic rings. The number of nitrogens with one attached hydrogen (secondary N) is 1. The van der Waals surface area contributed by atoms with E-state index in [2.05, 4.69) is 20.4 Å². The topological polar surface area (TPSA) is 142 Å². The summed E-state index contributed by atoms with van der Waals surface area (Å²) in [5.74, 6) is 0.873. The molecule has 118 valence electrons. The smallest absolute Gasteiger partial charge is 0.248 e. The second-order valence-electron chi connectivity index (χ2n) is 4.59. The van der Waals surface area contributed by atoms with E-state index >= 15 is 0 Å². The fourth-order valence-corrected chi connectivity index (χ4v) is 2.46. The van der Waals surface area contributed by atoms with Gasteiger partial charge >= 0.3 is 0 Å². The largest absolute Gasteiger partial charge is 0.368 e. The molecule has 0 atom stereocenters. The summed E-state index contributed by atoms with van der Waals surface area (Å²) in [6, 6.07) is 11.3. The van der Waals surface area contributed by atoms with E-state index in [-0.39, 0.29) is 16.8 Å². The van der Waals surface area contributed by atoms with E-state index < -0.39 is 10.0 Å². The summed E-state index contributed by atoms with van der Waals surface area (Å²) in [6.45, 7) is 0. The summed E-state index contributed by atoms with van der Waals surface area (Å²) in [5, 5.41) is 12.2. The fraction of sp³-hybridized carbons (Fsp3) is 0. The summed E-state index contributed by atoms with van der Waals surface area (Å²) in [4.78, 5) is 8.19. The lowest BCUT2D eigenvalue weighted by molar-refractivity contribution is 0.598. The highest BCUT2D eigenvalue weighted by Gasteiger charge is 2.12. The van der Waals surface area contributed by atoms with Crippen molar-refractivity contribution in [2.24, 2.45) is 5.14 Å². The Morgan fingerprint density at radius 1 is 1.13 bits per heavy atom. The molecule has 0 aliphatic carbocycles. The molecule has 2 heterocycles. The molecular weight excluding hydrogens is 318 g/mol. The van der Waals surface area contributed by atoms with Crippen molar-refractivity contribution in [3.05, 3.63) is 48.7 Å². The number of hydrogen-bond donors (Lipinski definition) is 3. The van der Waals surface area contributed by atoms with Gasteiger partial charge in [-0.1, -0.05) is 12.1 Å². The van der Waals surface area contributed by atoms with Crippen molar-refractivity contribution in [2.45, 2.75) is 4.90 Å².